The monoisotopic (exact) mass is 290 g/mol. The average Bonchev–Trinajstić information content (AvgIpc) is 2.48. The third-order valence-electron chi connectivity index (χ3n) is 3.54. The molecular weight excluding hydrogens is 273 g/mol. The number of rotatable bonds is 5. The molecule has 21 heavy (non-hydrogen) atoms. The van der Waals surface area contributed by atoms with Crippen molar-refractivity contribution in [2.45, 2.75) is 24.9 Å². The molecule has 0 heterocycles. The molecule has 0 fully saturated rings. The fourth-order valence-electron chi connectivity index (χ4n) is 2.31. The van der Waals surface area contributed by atoms with Gasteiger partial charge in [-0.05, 0) is 36.1 Å². The van der Waals surface area contributed by atoms with Gasteiger partial charge in [-0.2, -0.15) is 13.2 Å². The van der Waals surface area contributed by atoms with Crippen LogP contribution in [0, 0.1) is 0 Å². The summed E-state index contributed by atoms with van der Waals surface area (Å²) in [5, 5.41) is 0. The molecule has 0 aliphatic heterocycles. The van der Waals surface area contributed by atoms with Crippen LogP contribution >= 0.6 is 0 Å². The minimum atomic E-state index is -4.29. The fraction of sp³-hybridized carbons (Fsp3) is 0.222. The Labute approximate surface area is 122 Å². The summed E-state index contributed by atoms with van der Waals surface area (Å²) < 4.78 is 37.7. The predicted molar refractivity (Wildman–Crippen MR) is 79.1 cm³/mol. The van der Waals surface area contributed by atoms with Gasteiger partial charge in [0.1, 0.15) is 0 Å². The first kappa shape index (κ1) is 15.4. The number of alkyl halides is 3. The Bertz CT molecular complexity index is 568. The fourth-order valence-corrected chi connectivity index (χ4v) is 2.31. The van der Waals surface area contributed by atoms with Crippen LogP contribution in [0.15, 0.2) is 67.3 Å². The van der Waals surface area contributed by atoms with Gasteiger partial charge in [-0.1, -0.05) is 48.5 Å². The summed E-state index contributed by atoms with van der Waals surface area (Å²) >= 11 is 0. The van der Waals surface area contributed by atoms with Gasteiger partial charge in [0.05, 0.1) is 5.56 Å². The topological polar surface area (TPSA) is 0 Å². The van der Waals surface area contributed by atoms with Crippen LogP contribution in [0.4, 0.5) is 13.2 Å². The second-order valence-electron chi connectivity index (χ2n) is 4.99. The molecule has 110 valence electrons. The molecule has 0 aliphatic carbocycles. The van der Waals surface area contributed by atoms with Crippen LogP contribution < -0.4 is 0 Å². The lowest BCUT2D eigenvalue weighted by Gasteiger charge is -2.14. The van der Waals surface area contributed by atoms with Crippen LogP contribution in [0.3, 0.4) is 0 Å². The Morgan fingerprint density at radius 1 is 0.952 bits per heavy atom. The maximum Gasteiger partial charge on any atom is 0.416 e. The van der Waals surface area contributed by atoms with Crippen molar-refractivity contribution in [3.8, 4) is 0 Å². The molecule has 0 amide bonds. The predicted octanol–water partition coefficient (Wildman–Crippen LogP) is 5.61. The molecule has 0 spiro atoms. The lowest BCUT2D eigenvalue weighted by Crippen LogP contribution is -2.05. The van der Waals surface area contributed by atoms with E-state index >= 15 is 0 Å². The van der Waals surface area contributed by atoms with Gasteiger partial charge in [0.2, 0.25) is 0 Å². The molecule has 0 radical (unpaired) electrons. The second kappa shape index (κ2) is 6.61. The minimum Gasteiger partial charge on any atom is -0.166 e. The van der Waals surface area contributed by atoms with Crippen LogP contribution in [-0.4, -0.2) is 0 Å². The average molecular weight is 290 g/mol. The van der Waals surface area contributed by atoms with E-state index in [1.165, 1.54) is 5.56 Å². The number of aryl methyl sites for hydroxylation is 1. The van der Waals surface area contributed by atoms with Crippen LogP contribution in [0.2, 0.25) is 0 Å². The zero-order valence-corrected chi connectivity index (χ0v) is 11.6. The standard InChI is InChI=1S/C18H17F3/c1-2-15(9-8-14-6-4-3-5-7-14)16-10-12-17(13-11-16)18(19,20)21/h2-7,10-13,15H,1,8-9H2. The van der Waals surface area contributed by atoms with Crippen molar-refractivity contribution in [1.82, 2.24) is 0 Å². The lowest BCUT2D eigenvalue weighted by atomic mass is 9.92. The summed E-state index contributed by atoms with van der Waals surface area (Å²) in [4.78, 5) is 0. The summed E-state index contributed by atoms with van der Waals surface area (Å²) in [6, 6.07) is 15.4. The molecule has 1 unspecified atom stereocenters. The maximum atomic E-state index is 12.6. The number of benzene rings is 2. The van der Waals surface area contributed by atoms with E-state index in [0.717, 1.165) is 30.5 Å². The summed E-state index contributed by atoms with van der Waals surface area (Å²) in [5.41, 5.74) is 1.47. The minimum absolute atomic E-state index is 0.0625. The van der Waals surface area contributed by atoms with Gasteiger partial charge in [0, 0.05) is 5.92 Å². The Hall–Kier alpha value is -2.03. The lowest BCUT2D eigenvalue weighted by molar-refractivity contribution is -0.137. The number of allylic oxidation sites excluding steroid dienone is 1. The second-order valence-corrected chi connectivity index (χ2v) is 4.99. The first-order valence-corrected chi connectivity index (χ1v) is 6.84. The molecule has 0 aliphatic rings. The Kier molecular flexibility index (Phi) is 4.84. The molecular formula is C18H17F3. The van der Waals surface area contributed by atoms with Crippen LogP contribution in [0.5, 0.6) is 0 Å². The first-order chi connectivity index (χ1) is 10.0. The molecule has 0 N–H and O–H groups in total. The van der Waals surface area contributed by atoms with Crippen molar-refractivity contribution in [2.75, 3.05) is 0 Å². The van der Waals surface area contributed by atoms with E-state index in [4.69, 9.17) is 0 Å². The highest BCUT2D eigenvalue weighted by molar-refractivity contribution is 5.29. The molecule has 0 saturated heterocycles. The smallest absolute Gasteiger partial charge is 0.166 e. The highest BCUT2D eigenvalue weighted by Gasteiger charge is 2.30. The molecule has 0 aromatic heterocycles. The Morgan fingerprint density at radius 2 is 1.57 bits per heavy atom. The van der Waals surface area contributed by atoms with E-state index in [9.17, 15) is 13.2 Å². The Morgan fingerprint density at radius 3 is 2.10 bits per heavy atom. The van der Waals surface area contributed by atoms with Gasteiger partial charge in [-0.3, -0.25) is 0 Å². The van der Waals surface area contributed by atoms with Gasteiger partial charge in [-0.25, -0.2) is 0 Å². The molecule has 2 aromatic rings. The summed E-state index contributed by atoms with van der Waals surface area (Å²) in [5.74, 6) is 0.0625. The zero-order chi connectivity index (χ0) is 15.3. The highest BCUT2D eigenvalue weighted by atomic mass is 19.4. The SMILES string of the molecule is C=CC(CCc1ccccc1)c1ccc(C(F)(F)F)cc1. The van der Waals surface area contributed by atoms with Crippen molar-refractivity contribution >= 4 is 0 Å². The largest absolute Gasteiger partial charge is 0.416 e. The van der Waals surface area contributed by atoms with Gasteiger partial charge in [0.15, 0.2) is 0 Å². The van der Waals surface area contributed by atoms with Crippen LogP contribution in [0.1, 0.15) is 29.0 Å². The molecule has 3 heteroatoms. The first-order valence-electron chi connectivity index (χ1n) is 6.84. The molecule has 0 nitrogen and oxygen atoms in total. The zero-order valence-electron chi connectivity index (χ0n) is 11.6. The van der Waals surface area contributed by atoms with Crippen LogP contribution in [-0.2, 0) is 12.6 Å². The number of hydrogen-bond acceptors (Lipinski definition) is 0. The van der Waals surface area contributed by atoms with Crippen molar-refractivity contribution in [1.29, 1.82) is 0 Å². The van der Waals surface area contributed by atoms with Gasteiger partial charge in [-0.15, -0.1) is 6.58 Å². The van der Waals surface area contributed by atoms with E-state index in [1.54, 1.807) is 18.2 Å². The Balaban J connectivity index is 2.05. The molecule has 0 bridgehead atoms. The van der Waals surface area contributed by atoms with Gasteiger partial charge in [0.25, 0.3) is 0 Å². The maximum absolute atomic E-state index is 12.6. The number of hydrogen-bond donors (Lipinski definition) is 0. The van der Waals surface area contributed by atoms with Gasteiger partial charge >= 0.3 is 6.18 Å². The van der Waals surface area contributed by atoms with E-state index in [2.05, 4.69) is 6.58 Å². The normalized spacial score (nSPS) is 12.9. The quantitative estimate of drug-likeness (QED) is 0.628. The summed E-state index contributed by atoms with van der Waals surface area (Å²) in [6.45, 7) is 3.80. The van der Waals surface area contributed by atoms with Crippen LogP contribution in [0.25, 0.3) is 0 Å². The third kappa shape index (κ3) is 4.22. The van der Waals surface area contributed by atoms with Crippen molar-refractivity contribution in [3.05, 3.63) is 83.9 Å². The van der Waals surface area contributed by atoms with E-state index < -0.39 is 11.7 Å². The molecule has 2 rings (SSSR count). The van der Waals surface area contributed by atoms with E-state index in [-0.39, 0.29) is 5.92 Å². The summed E-state index contributed by atoms with van der Waals surface area (Å²) in [7, 11) is 0. The van der Waals surface area contributed by atoms with E-state index in [0.29, 0.717) is 0 Å². The molecule has 0 saturated carbocycles. The highest BCUT2D eigenvalue weighted by Crippen LogP contribution is 2.31. The van der Waals surface area contributed by atoms with Gasteiger partial charge < -0.3 is 0 Å². The molecule has 1 atom stereocenters. The molecule has 2 aromatic carbocycles. The van der Waals surface area contributed by atoms with Crippen molar-refractivity contribution in [2.24, 2.45) is 0 Å². The third-order valence-corrected chi connectivity index (χ3v) is 3.54. The summed E-state index contributed by atoms with van der Waals surface area (Å²) in [6.07, 6.45) is -0.783. The van der Waals surface area contributed by atoms with E-state index in [1.807, 2.05) is 30.3 Å². The number of halogens is 3. The van der Waals surface area contributed by atoms with Crippen molar-refractivity contribution in [3.63, 3.8) is 0 Å². The van der Waals surface area contributed by atoms with Crippen molar-refractivity contribution < 1.29 is 13.2 Å².